The molecule has 0 saturated heterocycles. The van der Waals surface area contributed by atoms with Gasteiger partial charge in [-0.1, -0.05) is 6.92 Å². The van der Waals surface area contributed by atoms with Gasteiger partial charge in [0.2, 0.25) is 0 Å². The Morgan fingerprint density at radius 3 is 2.32 bits per heavy atom. The highest BCUT2D eigenvalue weighted by Gasteiger charge is 2.29. The number of rotatable bonds is 8. The molecule has 0 fully saturated rings. The third-order valence-electron chi connectivity index (χ3n) is 2.67. The second-order valence-corrected chi connectivity index (χ2v) is 9.60. The minimum absolute atomic E-state index is 0.0319. The van der Waals surface area contributed by atoms with Crippen LogP contribution in [0.5, 0.6) is 0 Å². The molecule has 1 aliphatic rings. The lowest BCUT2D eigenvalue weighted by Gasteiger charge is -2.18. The summed E-state index contributed by atoms with van der Waals surface area (Å²) in [7, 11) is -6.47. The molecule has 9 nitrogen and oxygen atoms in total. The highest BCUT2D eigenvalue weighted by atomic mass is 32.2. The van der Waals surface area contributed by atoms with Crippen LogP contribution in [0, 0.1) is 0 Å². The predicted molar refractivity (Wildman–Crippen MR) is 93.0 cm³/mol. The predicted octanol–water partition coefficient (Wildman–Crippen LogP) is 0.795. The Morgan fingerprint density at radius 2 is 1.84 bits per heavy atom. The van der Waals surface area contributed by atoms with E-state index in [1.54, 1.807) is 6.92 Å². The van der Waals surface area contributed by atoms with Crippen LogP contribution in [0.15, 0.2) is 32.7 Å². The Labute approximate surface area is 151 Å². The normalized spacial score (nSPS) is 17.3. The van der Waals surface area contributed by atoms with Crippen LogP contribution in [0.1, 0.15) is 13.3 Å². The van der Waals surface area contributed by atoms with Crippen LogP contribution in [-0.4, -0.2) is 49.0 Å². The van der Waals surface area contributed by atoms with Gasteiger partial charge in [0.05, 0.1) is 25.8 Å². The van der Waals surface area contributed by atoms with E-state index in [9.17, 15) is 21.6 Å². The zero-order valence-electron chi connectivity index (χ0n) is 14.1. The standard InChI is InChI=1S/C13H19NO8S3/c1-5-6-21-13(15)12(25(4,18)19)9-7-10(23-22-20-2)14-11(8-9)24(3,16)17/h7-8,14H,5-6H2,1-4H3/b12-9-. The summed E-state index contributed by atoms with van der Waals surface area (Å²) in [5, 5.41) is 2.38. The van der Waals surface area contributed by atoms with Crippen molar-refractivity contribution in [3.63, 3.8) is 0 Å². The second-order valence-electron chi connectivity index (χ2n) is 4.92. The number of hydrogen-bond donors (Lipinski definition) is 1. The minimum Gasteiger partial charge on any atom is -0.462 e. The molecule has 0 radical (unpaired) electrons. The van der Waals surface area contributed by atoms with Crippen molar-refractivity contribution in [2.45, 2.75) is 13.3 Å². The van der Waals surface area contributed by atoms with E-state index in [4.69, 9.17) is 4.74 Å². The molecule has 0 aromatic rings. The Balaban J connectivity index is 3.55. The van der Waals surface area contributed by atoms with Gasteiger partial charge in [0, 0.05) is 18.1 Å². The van der Waals surface area contributed by atoms with Crippen LogP contribution in [0.2, 0.25) is 0 Å². The first-order chi connectivity index (χ1) is 11.5. The third-order valence-corrected chi connectivity index (χ3v) is 5.43. The van der Waals surface area contributed by atoms with Crippen LogP contribution in [-0.2, 0) is 38.4 Å². The number of sulfone groups is 2. The number of esters is 1. The summed E-state index contributed by atoms with van der Waals surface area (Å²) >= 11 is 0.620. The maximum Gasteiger partial charge on any atom is 0.350 e. The lowest BCUT2D eigenvalue weighted by molar-refractivity contribution is -0.159. The number of carbonyl (C=O) groups excluding carboxylic acids is 1. The summed E-state index contributed by atoms with van der Waals surface area (Å²) in [5.41, 5.74) is -0.134. The number of allylic oxidation sites excluding steroid dienone is 3. The molecule has 0 unspecified atom stereocenters. The van der Waals surface area contributed by atoms with Crippen molar-refractivity contribution in [2.75, 3.05) is 26.2 Å². The first kappa shape index (κ1) is 21.7. The zero-order valence-corrected chi connectivity index (χ0v) is 16.5. The molecule has 0 spiro atoms. The van der Waals surface area contributed by atoms with Crippen LogP contribution in [0.25, 0.3) is 0 Å². The molecule has 0 amide bonds. The van der Waals surface area contributed by atoms with Gasteiger partial charge in [0.25, 0.3) is 0 Å². The SMILES string of the molecule is CCCOC(=O)/C(=C1\C=C(SOOC)NC(S(C)(=O)=O)=C1)S(C)(=O)=O. The molecule has 0 bridgehead atoms. The summed E-state index contributed by atoms with van der Waals surface area (Å²) in [4.78, 5) is 16.0. The second kappa shape index (κ2) is 8.85. The maximum atomic E-state index is 12.2. The van der Waals surface area contributed by atoms with Gasteiger partial charge in [-0.3, -0.25) is 0 Å². The third kappa shape index (κ3) is 6.47. The molecule has 1 heterocycles. The molecule has 1 rings (SSSR count). The molecule has 1 N–H and O–H groups in total. The van der Waals surface area contributed by atoms with Gasteiger partial charge in [-0.2, -0.15) is 4.33 Å². The van der Waals surface area contributed by atoms with E-state index in [-0.39, 0.29) is 22.2 Å². The minimum atomic E-state index is -4.00. The van der Waals surface area contributed by atoms with E-state index >= 15 is 0 Å². The van der Waals surface area contributed by atoms with Gasteiger partial charge >= 0.3 is 5.97 Å². The fourth-order valence-corrected chi connectivity index (χ4v) is 3.78. The molecule has 1 aliphatic heterocycles. The van der Waals surface area contributed by atoms with E-state index in [1.165, 1.54) is 13.2 Å². The summed E-state index contributed by atoms with van der Waals surface area (Å²) in [6.45, 7) is 1.79. The van der Waals surface area contributed by atoms with Gasteiger partial charge in [-0.05, 0) is 18.6 Å². The van der Waals surface area contributed by atoms with Gasteiger partial charge in [-0.15, -0.1) is 0 Å². The fraction of sp³-hybridized carbons (Fsp3) is 0.462. The number of dihydropyridines is 1. The Bertz CT molecular complexity index is 821. The van der Waals surface area contributed by atoms with Crippen molar-refractivity contribution in [1.82, 2.24) is 5.32 Å². The lowest BCUT2D eigenvalue weighted by atomic mass is 10.2. The van der Waals surface area contributed by atoms with E-state index in [0.717, 1.165) is 18.6 Å². The zero-order chi connectivity index (χ0) is 19.3. The van der Waals surface area contributed by atoms with E-state index < -0.39 is 30.5 Å². The molecular weight excluding hydrogens is 394 g/mol. The first-order valence-electron chi connectivity index (χ1n) is 6.90. The topological polar surface area (TPSA) is 125 Å². The molecule has 142 valence electrons. The van der Waals surface area contributed by atoms with Gasteiger partial charge < -0.3 is 10.1 Å². The van der Waals surface area contributed by atoms with Gasteiger partial charge in [0.1, 0.15) is 10.1 Å². The lowest BCUT2D eigenvalue weighted by Crippen LogP contribution is -2.24. The number of hydrogen-bond acceptors (Lipinski definition) is 10. The largest absolute Gasteiger partial charge is 0.462 e. The Kier molecular flexibility index (Phi) is 7.68. The van der Waals surface area contributed by atoms with Crippen molar-refractivity contribution in [2.24, 2.45) is 0 Å². The molecule has 25 heavy (non-hydrogen) atoms. The van der Waals surface area contributed by atoms with Crippen LogP contribution in [0.3, 0.4) is 0 Å². The van der Waals surface area contributed by atoms with Crippen LogP contribution < -0.4 is 5.32 Å². The van der Waals surface area contributed by atoms with Crippen LogP contribution in [0.4, 0.5) is 0 Å². The average Bonchev–Trinajstić information content (AvgIpc) is 2.48. The number of nitrogens with one attached hydrogen (secondary N) is 1. The van der Waals surface area contributed by atoms with Crippen LogP contribution >= 0.6 is 12.0 Å². The number of ether oxygens (including phenoxy) is 1. The highest BCUT2D eigenvalue weighted by Crippen LogP contribution is 2.28. The Hall–Kier alpha value is -1.34. The molecule has 0 atom stereocenters. The van der Waals surface area contributed by atoms with Gasteiger partial charge in [0.15, 0.2) is 24.6 Å². The summed E-state index contributed by atoms with van der Waals surface area (Å²) in [6, 6.07) is 0. The summed E-state index contributed by atoms with van der Waals surface area (Å²) in [5.74, 6) is -1.06. The number of carbonyl (C=O) groups is 1. The monoisotopic (exact) mass is 413 g/mol. The van der Waals surface area contributed by atoms with Crippen molar-refractivity contribution < 1.29 is 35.6 Å². The van der Waals surface area contributed by atoms with E-state index in [1.807, 2.05) is 0 Å². The first-order valence-corrected chi connectivity index (χ1v) is 11.4. The molecule has 0 saturated carbocycles. The van der Waals surface area contributed by atoms with Crippen molar-refractivity contribution in [3.8, 4) is 0 Å². The highest BCUT2D eigenvalue weighted by molar-refractivity contribution is 7.98. The molecular formula is C13H19NO8S3. The van der Waals surface area contributed by atoms with Crippen molar-refractivity contribution in [1.29, 1.82) is 0 Å². The summed E-state index contributed by atoms with van der Waals surface area (Å²) in [6.07, 6.45) is 4.58. The van der Waals surface area contributed by atoms with Crippen molar-refractivity contribution >= 4 is 37.7 Å². The molecule has 0 aliphatic carbocycles. The van der Waals surface area contributed by atoms with Crippen molar-refractivity contribution in [3.05, 3.63) is 32.7 Å². The molecule has 0 aromatic carbocycles. The molecule has 12 heteroatoms. The van der Waals surface area contributed by atoms with E-state index in [0.29, 0.717) is 18.5 Å². The average molecular weight is 413 g/mol. The quantitative estimate of drug-likeness (QED) is 0.201. The smallest absolute Gasteiger partial charge is 0.350 e. The summed E-state index contributed by atoms with van der Waals surface area (Å²) < 4.78 is 57.4. The van der Waals surface area contributed by atoms with Gasteiger partial charge in [-0.25, -0.2) is 26.5 Å². The fourth-order valence-electron chi connectivity index (χ4n) is 1.71. The molecule has 0 aromatic heterocycles. The Morgan fingerprint density at radius 1 is 1.20 bits per heavy atom. The van der Waals surface area contributed by atoms with E-state index in [2.05, 4.69) is 14.5 Å². The maximum absolute atomic E-state index is 12.2.